The number of rotatable bonds is 7. The molecule has 0 bridgehead atoms. The largest absolute Gasteiger partial charge is 0.307 e. The third-order valence-electron chi connectivity index (χ3n) is 4.48. The van der Waals surface area contributed by atoms with Crippen LogP contribution in [0.3, 0.4) is 0 Å². The molecule has 0 atom stereocenters. The fourth-order valence-corrected chi connectivity index (χ4v) is 3.74. The van der Waals surface area contributed by atoms with Gasteiger partial charge in [0.2, 0.25) is 11.1 Å². The van der Waals surface area contributed by atoms with Gasteiger partial charge >= 0.3 is 0 Å². The lowest BCUT2D eigenvalue weighted by Crippen LogP contribution is -2.32. The Labute approximate surface area is 162 Å². The fraction of sp³-hybridized carbons (Fsp3) is 0.300. The van der Waals surface area contributed by atoms with E-state index in [-0.39, 0.29) is 5.91 Å². The van der Waals surface area contributed by atoms with Crippen molar-refractivity contribution >= 4 is 23.4 Å². The van der Waals surface area contributed by atoms with Gasteiger partial charge in [-0.3, -0.25) is 4.79 Å². The lowest BCUT2D eigenvalue weighted by Gasteiger charge is -2.23. The van der Waals surface area contributed by atoms with E-state index in [0.29, 0.717) is 18.3 Å². The molecule has 27 heavy (non-hydrogen) atoms. The highest BCUT2D eigenvalue weighted by molar-refractivity contribution is 7.99. The first kappa shape index (κ1) is 17.7. The maximum atomic E-state index is 13.1. The Morgan fingerprint density at radius 2 is 2.00 bits per heavy atom. The molecule has 4 rings (SSSR count). The first-order valence-electron chi connectivity index (χ1n) is 9.02. The minimum atomic E-state index is 0.0415. The van der Waals surface area contributed by atoms with Crippen LogP contribution in [0.4, 0.5) is 5.69 Å². The number of aryl methyl sites for hydroxylation is 1. The molecule has 1 aromatic heterocycles. The van der Waals surface area contributed by atoms with Crippen LogP contribution >= 0.6 is 11.8 Å². The smallest absolute Gasteiger partial charge is 0.237 e. The Morgan fingerprint density at radius 1 is 1.19 bits per heavy atom. The summed E-state index contributed by atoms with van der Waals surface area (Å²) in [6, 6.07) is 18.5. The summed E-state index contributed by atoms with van der Waals surface area (Å²) in [5.41, 5.74) is 3.13. The van der Waals surface area contributed by atoms with E-state index in [2.05, 4.69) is 15.5 Å². The number of aromatic nitrogens is 4. The Hall–Kier alpha value is -2.67. The molecule has 1 fully saturated rings. The molecule has 0 unspecified atom stereocenters. The van der Waals surface area contributed by atoms with E-state index in [4.69, 9.17) is 0 Å². The van der Waals surface area contributed by atoms with Crippen molar-refractivity contribution in [1.29, 1.82) is 0 Å². The lowest BCUT2D eigenvalue weighted by molar-refractivity contribution is -0.116. The van der Waals surface area contributed by atoms with Gasteiger partial charge in [-0.05, 0) is 53.5 Å². The number of hydrogen-bond acceptors (Lipinski definition) is 5. The zero-order valence-electron chi connectivity index (χ0n) is 15.2. The van der Waals surface area contributed by atoms with Gasteiger partial charge in [0, 0.05) is 5.69 Å². The number of hydrogen-bond donors (Lipinski definition) is 0. The van der Waals surface area contributed by atoms with Gasteiger partial charge in [0.05, 0.1) is 18.3 Å². The number of carbonyl (C=O) groups excluding carboxylic acids is 1. The zero-order chi connectivity index (χ0) is 18.6. The van der Waals surface area contributed by atoms with E-state index in [1.165, 1.54) is 11.8 Å². The second-order valence-corrected chi connectivity index (χ2v) is 7.67. The molecular weight excluding hydrogens is 358 g/mol. The van der Waals surface area contributed by atoms with Crippen molar-refractivity contribution in [3.05, 3.63) is 65.7 Å². The summed E-state index contributed by atoms with van der Waals surface area (Å²) in [6.07, 6.45) is 2.21. The number of tetrazole rings is 1. The molecule has 3 aromatic rings. The van der Waals surface area contributed by atoms with Gasteiger partial charge in [0.25, 0.3) is 0 Å². The van der Waals surface area contributed by atoms with Gasteiger partial charge in [-0.15, -0.1) is 5.10 Å². The summed E-state index contributed by atoms with van der Waals surface area (Å²) >= 11 is 1.40. The van der Waals surface area contributed by atoms with Crippen molar-refractivity contribution in [3.8, 4) is 0 Å². The summed E-state index contributed by atoms with van der Waals surface area (Å²) in [4.78, 5) is 14.9. The van der Waals surface area contributed by atoms with Crippen LogP contribution in [0, 0.1) is 6.92 Å². The highest BCUT2D eigenvalue weighted by Gasteiger charge is 2.28. The second kappa shape index (κ2) is 7.92. The predicted octanol–water partition coefficient (Wildman–Crippen LogP) is 3.64. The Balaban J connectivity index is 1.52. The first-order chi connectivity index (χ1) is 13.2. The fourth-order valence-electron chi connectivity index (χ4n) is 2.92. The second-order valence-electron chi connectivity index (χ2n) is 6.73. The molecule has 1 aliphatic rings. The van der Waals surface area contributed by atoms with Crippen molar-refractivity contribution in [2.24, 2.45) is 0 Å². The minimum absolute atomic E-state index is 0.0415. The van der Waals surface area contributed by atoms with Crippen LogP contribution in [0.1, 0.15) is 30.0 Å². The highest BCUT2D eigenvalue weighted by atomic mass is 32.2. The molecule has 6 nitrogen and oxygen atoms in total. The number of anilines is 1. The normalized spacial score (nSPS) is 13.5. The topological polar surface area (TPSA) is 63.9 Å². The SMILES string of the molecule is Cc1cccc(N(Cc2ccccc2)C(=O)CSc2nnnn2C2CC2)c1. The van der Waals surface area contributed by atoms with Crippen LogP contribution in [-0.4, -0.2) is 31.9 Å². The Morgan fingerprint density at radius 3 is 2.74 bits per heavy atom. The van der Waals surface area contributed by atoms with Gasteiger partial charge < -0.3 is 4.90 Å². The number of carbonyl (C=O) groups is 1. The zero-order valence-corrected chi connectivity index (χ0v) is 16.0. The molecule has 0 aliphatic heterocycles. The molecule has 1 amide bonds. The van der Waals surface area contributed by atoms with E-state index in [0.717, 1.165) is 34.8 Å². The lowest BCUT2D eigenvalue weighted by atomic mass is 10.1. The van der Waals surface area contributed by atoms with Crippen LogP contribution in [0.15, 0.2) is 59.8 Å². The van der Waals surface area contributed by atoms with Crippen molar-refractivity contribution in [2.75, 3.05) is 10.7 Å². The minimum Gasteiger partial charge on any atom is -0.307 e. The molecule has 138 valence electrons. The van der Waals surface area contributed by atoms with Crippen LogP contribution in [0.2, 0.25) is 0 Å². The maximum Gasteiger partial charge on any atom is 0.237 e. The van der Waals surface area contributed by atoms with E-state index >= 15 is 0 Å². The van der Waals surface area contributed by atoms with Crippen LogP contribution in [-0.2, 0) is 11.3 Å². The highest BCUT2D eigenvalue weighted by Crippen LogP contribution is 2.36. The Kier molecular flexibility index (Phi) is 5.20. The molecule has 0 radical (unpaired) electrons. The van der Waals surface area contributed by atoms with Gasteiger partial charge in [-0.1, -0.05) is 54.2 Å². The molecule has 1 heterocycles. The van der Waals surface area contributed by atoms with Gasteiger partial charge in [-0.2, -0.15) is 0 Å². The van der Waals surface area contributed by atoms with Gasteiger partial charge in [-0.25, -0.2) is 4.68 Å². The number of thioether (sulfide) groups is 1. The Bertz CT molecular complexity index is 923. The van der Waals surface area contributed by atoms with Crippen molar-refractivity contribution in [1.82, 2.24) is 20.2 Å². The van der Waals surface area contributed by atoms with Gasteiger partial charge in [0.1, 0.15) is 0 Å². The standard InChI is InChI=1S/C20H21N5OS/c1-15-6-5-9-18(12-15)24(13-16-7-3-2-4-8-16)19(26)14-27-20-21-22-23-25(20)17-10-11-17/h2-9,12,17H,10-11,13-14H2,1H3. The number of nitrogens with zero attached hydrogens (tertiary/aromatic N) is 5. The third-order valence-corrected chi connectivity index (χ3v) is 5.40. The number of benzene rings is 2. The molecule has 1 aliphatic carbocycles. The molecule has 0 saturated heterocycles. The molecular formula is C20H21N5OS. The van der Waals surface area contributed by atoms with Crippen molar-refractivity contribution < 1.29 is 4.79 Å². The summed E-state index contributed by atoms with van der Waals surface area (Å²) in [5.74, 6) is 0.341. The van der Waals surface area contributed by atoms with Crippen molar-refractivity contribution in [3.63, 3.8) is 0 Å². The van der Waals surface area contributed by atoms with Crippen molar-refractivity contribution in [2.45, 2.75) is 37.5 Å². The van der Waals surface area contributed by atoms with Crippen LogP contribution in [0.5, 0.6) is 0 Å². The van der Waals surface area contributed by atoms with E-state index in [1.807, 2.05) is 71.1 Å². The third kappa shape index (κ3) is 4.36. The molecule has 2 aromatic carbocycles. The summed E-state index contributed by atoms with van der Waals surface area (Å²) in [7, 11) is 0. The summed E-state index contributed by atoms with van der Waals surface area (Å²) in [6.45, 7) is 2.57. The summed E-state index contributed by atoms with van der Waals surface area (Å²) < 4.78 is 1.84. The number of amides is 1. The maximum absolute atomic E-state index is 13.1. The first-order valence-corrected chi connectivity index (χ1v) is 10.0. The summed E-state index contributed by atoms with van der Waals surface area (Å²) in [5, 5.41) is 12.6. The molecule has 0 spiro atoms. The average molecular weight is 379 g/mol. The quantitative estimate of drug-likeness (QED) is 0.587. The molecule has 0 N–H and O–H groups in total. The predicted molar refractivity (Wildman–Crippen MR) is 106 cm³/mol. The van der Waals surface area contributed by atoms with Crippen LogP contribution in [0.25, 0.3) is 0 Å². The van der Waals surface area contributed by atoms with Gasteiger partial charge in [0.15, 0.2) is 0 Å². The van der Waals surface area contributed by atoms with E-state index in [9.17, 15) is 4.79 Å². The molecule has 7 heteroatoms. The van der Waals surface area contributed by atoms with Crippen LogP contribution < -0.4 is 4.90 Å². The van der Waals surface area contributed by atoms with E-state index in [1.54, 1.807) is 0 Å². The monoisotopic (exact) mass is 379 g/mol. The van der Waals surface area contributed by atoms with E-state index < -0.39 is 0 Å². The molecule has 1 saturated carbocycles. The average Bonchev–Trinajstić information content (AvgIpc) is 3.43.